The average molecular weight is 384 g/mol. The predicted molar refractivity (Wildman–Crippen MR) is 98.4 cm³/mol. The molecule has 0 fully saturated rings. The molecule has 0 aliphatic rings. The fourth-order valence-electron chi connectivity index (χ4n) is 2.69. The van der Waals surface area contributed by atoms with Crippen molar-refractivity contribution in [3.05, 3.63) is 78.4 Å². The van der Waals surface area contributed by atoms with Crippen LogP contribution < -0.4 is 5.32 Å². The molecule has 0 unspecified atom stereocenters. The molecule has 1 aromatic heterocycles. The third-order valence-corrected chi connectivity index (χ3v) is 3.86. The van der Waals surface area contributed by atoms with E-state index in [1.54, 1.807) is 30.3 Å². The third-order valence-electron chi connectivity index (χ3n) is 3.86. The van der Waals surface area contributed by atoms with Crippen LogP contribution in [-0.4, -0.2) is 25.0 Å². The Morgan fingerprint density at radius 1 is 0.929 bits per heavy atom. The van der Waals surface area contributed by atoms with E-state index in [-0.39, 0.29) is 11.5 Å². The van der Waals surface area contributed by atoms with Crippen molar-refractivity contribution in [3.8, 4) is 11.3 Å². The van der Waals surface area contributed by atoms with Gasteiger partial charge in [0.2, 0.25) is 5.82 Å². The lowest BCUT2D eigenvalue weighted by molar-refractivity contribution is -0.392. The first-order valence-corrected chi connectivity index (χ1v) is 7.78. The summed E-state index contributed by atoms with van der Waals surface area (Å²) in [5, 5.41) is 43.0. The Morgan fingerprint density at radius 2 is 1.50 bits per heavy atom. The summed E-state index contributed by atoms with van der Waals surface area (Å²) in [5.41, 5.74) is -1.35. The van der Waals surface area contributed by atoms with Gasteiger partial charge in [-0.1, -0.05) is 30.3 Å². The number of hydrogen-bond acceptors (Lipinski definition) is 8. The van der Waals surface area contributed by atoms with E-state index in [1.165, 1.54) is 6.92 Å². The number of rotatable bonds is 6. The van der Waals surface area contributed by atoms with Crippen LogP contribution in [0.5, 0.6) is 0 Å². The Labute approximate surface area is 156 Å². The Hall–Kier alpha value is -4.35. The summed E-state index contributed by atoms with van der Waals surface area (Å²) in [5.74, 6) is -0.376. The minimum absolute atomic E-state index is 0.0607. The molecular formula is C16H12N6O6. The van der Waals surface area contributed by atoms with E-state index < -0.39 is 37.5 Å². The summed E-state index contributed by atoms with van der Waals surface area (Å²) in [7, 11) is 0. The van der Waals surface area contributed by atoms with Crippen LogP contribution in [0, 0.1) is 37.3 Å². The van der Waals surface area contributed by atoms with Crippen LogP contribution in [0.4, 0.5) is 28.6 Å². The van der Waals surface area contributed by atoms with Crippen molar-refractivity contribution in [2.75, 3.05) is 5.32 Å². The Kier molecular flexibility index (Phi) is 4.68. The molecule has 0 atom stereocenters. The minimum atomic E-state index is -0.807. The molecule has 142 valence electrons. The van der Waals surface area contributed by atoms with Crippen molar-refractivity contribution < 1.29 is 14.8 Å². The fourth-order valence-corrected chi connectivity index (χ4v) is 2.69. The lowest BCUT2D eigenvalue weighted by atomic mass is 10.1. The second kappa shape index (κ2) is 7.11. The lowest BCUT2D eigenvalue weighted by Gasteiger charge is -2.06. The number of hydrogen-bond donors (Lipinski definition) is 2. The quantitative estimate of drug-likeness (QED) is 0.476. The number of aromatic nitrogens is 2. The second-order valence-corrected chi connectivity index (χ2v) is 5.74. The van der Waals surface area contributed by atoms with Gasteiger partial charge in [-0.2, -0.15) is 0 Å². The highest BCUT2D eigenvalue weighted by atomic mass is 16.6. The highest BCUT2D eigenvalue weighted by molar-refractivity contribution is 5.85. The monoisotopic (exact) mass is 384 g/mol. The van der Waals surface area contributed by atoms with E-state index in [1.807, 2.05) is 0 Å². The molecule has 12 nitrogen and oxygen atoms in total. The minimum Gasteiger partial charge on any atom is -0.322 e. The van der Waals surface area contributed by atoms with Crippen LogP contribution in [0.25, 0.3) is 11.3 Å². The van der Waals surface area contributed by atoms with Crippen LogP contribution in [0.2, 0.25) is 0 Å². The maximum absolute atomic E-state index is 11.6. The Bertz CT molecular complexity index is 1060. The smallest absolute Gasteiger partial charge is 0.322 e. The van der Waals surface area contributed by atoms with Crippen molar-refractivity contribution in [2.24, 2.45) is 0 Å². The molecule has 12 heteroatoms. The van der Waals surface area contributed by atoms with Crippen molar-refractivity contribution in [2.45, 2.75) is 6.92 Å². The van der Waals surface area contributed by atoms with Gasteiger partial charge >= 0.3 is 5.69 Å². The van der Waals surface area contributed by atoms with Crippen LogP contribution >= 0.6 is 0 Å². The maximum atomic E-state index is 11.6. The number of aromatic amines is 1. The summed E-state index contributed by atoms with van der Waals surface area (Å²) in [6, 6.07) is 10.6. The van der Waals surface area contributed by atoms with Gasteiger partial charge in [-0.05, 0) is 12.5 Å². The first-order chi connectivity index (χ1) is 13.3. The highest BCUT2D eigenvalue weighted by Crippen LogP contribution is 2.41. The van der Waals surface area contributed by atoms with Crippen molar-refractivity contribution in [1.82, 2.24) is 10.2 Å². The standard InChI is InChI=1S/C16H12N6O6/c1-9-7-11(20(23)24)14(12(8-9)21(25)26)17-16-15(22(27)28)13(18-19-16)10-5-3-2-4-6-10/h2-8H,1H3,(H2,17,18,19). The molecule has 0 aliphatic heterocycles. The predicted octanol–water partition coefficient (Wildman–Crippen LogP) is 3.85. The normalized spacial score (nSPS) is 10.5. The van der Waals surface area contributed by atoms with E-state index in [0.717, 1.165) is 12.1 Å². The lowest BCUT2D eigenvalue weighted by Crippen LogP contribution is -2.04. The molecular weight excluding hydrogens is 372 g/mol. The van der Waals surface area contributed by atoms with E-state index in [2.05, 4.69) is 15.5 Å². The van der Waals surface area contributed by atoms with Crippen LogP contribution in [0.1, 0.15) is 5.56 Å². The van der Waals surface area contributed by atoms with Gasteiger partial charge in [-0.15, -0.1) is 5.10 Å². The first kappa shape index (κ1) is 18.4. The summed E-state index contributed by atoms with van der Waals surface area (Å²) < 4.78 is 0. The van der Waals surface area contributed by atoms with Gasteiger partial charge in [-0.25, -0.2) is 0 Å². The molecule has 3 rings (SSSR count). The van der Waals surface area contributed by atoms with Crippen molar-refractivity contribution in [1.29, 1.82) is 0 Å². The molecule has 0 saturated carbocycles. The van der Waals surface area contributed by atoms with Crippen molar-refractivity contribution in [3.63, 3.8) is 0 Å². The molecule has 0 bridgehead atoms. The molecule has 2 N–H and O–H groups in total. The van der Waals surface area contributed by atoms with Gasteiger partial charge in [-0.3, -0.25) is 35.4 Å². The number of benzene rings is 2. The number of aryl methyl sites for hydroxylation is 1. The summed E-state index contributed by atoms with van der Waals surface area (Å²) >= 11 is 0. The molecule has 28 heavy (non-hydrogen) atoms. The van der Waals surface area contributed by atoms with Gasteiger partial charge < -0.3 is 5.32 Å². The summed E-state index contributed by atoms with van der Waals surface area (Å²) in [6.45, 7) is 1.47. The van der Waals surface area contributed by atoms with E-state index in [0.29, 0.717) is 11.1 Å². The highest BCUT2D eigenvalue weighted by Gasteiger charge is 2.31. The van der Waals surface area contributed by atoms with Gasteiger partial charge in [0.05, 0.1) is 14.8 Å². The largest absolute Gasteiger partial charge is 0.338 e. The summed E-state index contributed by atoms with van der Waals surface area (Å²) in [4.78, 5) is 32.0. The van der Waals surface area contributed by atoms with E-state index in [9.17, 15) is 30.3 Å². The zero-order valence-electron chi connectivity index (χ0n) is 14.3. The number of nitro groups is 3. The van der Waals surface area contributed by atoms with Crippen molar-refractivity contribution >= 4 is 28.6 Å². The molecule has 1 heterocycles. The van der Waals surface area contributed by atoms with Gasteiger partial charge in [0.15, 0.2) is 5.69 Å². The molecule has 0 aliphatic carbocycles. The maximum Gasteiger partial charge on any atom is 0.338 e. The van der Waals surface area contributed by atoms with Crippen LogP contribution in [0.15, 0.2) is 42.5 Å². The topological polar surface area (TPSA) is 170 Å². The first-order valence-electron chi connectivity index (χ1n) is 7.78. The molecule has 0 spiro atoms. The average Bonchev–Trinajstić information content (AvgIpc) is 3.07. The molecule has 3 aromatic rings. The molecule has 0 saturated heterocycles. The zero-order chi connectivity index (χ0) is 20.4. The van der Waals surface area contributed by atoms with E-state index in [4.69, 9.17) is 0 Å². The number of nitrogens with one attached hydrogen (secondary N) is 2. The van der Waals surface area contributed by atoms with Crippen LogP contribution in [-0.2, 0) is 0 Å². The SMILES string of the molecule is Cc1cc([N+](=O)[O-])c(Nc2n[nH]c(-c3ccccc3)c2[N+](=O)[O-])c([N+](=O)[O-])c1. The number of nitrogens with zero attached hydrogens (tertiary/aromatic N) is 4. The number of nitro benzene ring substituents is 2. The van der Waals surface area contributed by atoms with E-state index >= 15 is 0 Å². The second-order valence-electron chi connectivity index (χ2n) is 5.74. The van der Waals surface area contributed by atoms with Crippen LogP contribution in [0.3, 0.4) is 0 Å². The molecule has 2 aromatic carbocycles. The number of anilines is 2. The van der Waals surface area contributed by atoms with Gasteiger partial charge in [0, 0.05) is 17.7 Å². The third kappa shape index (κ3) is 3.33. The molecule has 0 radical (unpaired) electrons. The number of H-pyrrole nitrogens is 1. The Morgan fingerprint density at radius 3 is 2.00 bits per heavy atom. The summed E-state index contributed by atoms with van der Waals surface area (Å²) in [6.07, 6.45) is 0. The zero-order valence-corrected chi connectivity index (χ0v) is 14.3. The molecule has 0 amide bonds. The fraction of sp³-hybridized carbons (Fsp3) is 0.0625. The van der Waals surface area contributed by atoms with Gasteiger partial charge in [0.1, 0.15) is 5.69 Å². The Balaban J connectivity index is 2.18. The van der Waals surface area contributed by atoms with Gasteiger partial charge in [0.25, 0.3) is 11.4 Å².